The van der Waals surface area contributed by atoms with E-state index >= 15 is 0 Å². The molecule has 1 aliphatic heterocycles. The number of benzene rings is 4. The molecule has 4 nitrogen and oxygen atoms in total. The fourth-order valence-electron chi connectivity index (χ4n) is 4.53. The maximum atomic E-state index is 9.43. The average Bonchev–Trinajstić information content (AvgIpc) is 2.96. The van der Waals surface area contributed by atoms with Gasteiger partial charge >= 0.3 is 0 Å². The summed E-state index contributed by atoms with van der Waals surface area (Å²) in [4.78, 5) is 1.23. The Hall–Kier alpha value is -2.93. The van der Waals surface area contributed by atoms with E-state index in [-0.39, 0.29) is 18.8 Å². The molecule has 1 fully saturated rings. The molecule has 5 heteroatoms. The summed E-state index contributed by atoms with van der Waals surface area (Å²) in [6, 6.07) is 35.1. The van der Waals surface area contributed by atoms with E-state index in [1.165, 1.54) is 4.90 Å². The molecule has 4 aromatic rings. The molecule has 0 bridgehead atoms. The van der Waals surface area contributed by atoms with E-state index in [4.69, 9.17) is 15.2 Å². The Balaban J connectivity index is 1.37. The van der Waals surface area contributed by atoms with Crippen LogP contribution in [0.4, 0.5) is 0 Å². The van der Waals surface area contributed by atoms with Crippen molar-refractivity contribution in [3.05, 3.63) is 125 Å². The van der Waals surface area contributed by atoms with E-state index in [9.17, 15) is 5.11 Å². The number of ether oxygens (including phenoxy) is 2. The van der Waals surface area contributed by atoms with Crippen molar-refractivity contribution < 1.29 is 14.6 Å². The first-order valence-corrected chi connectivity index (χ1v) is 13.3. The Morgan fingerprint density at radius 2 is 1.47 bits per heavy atom. The van der Waals surface area contributed by atoms with E-state index in [0.29, 0.717) is 6.54 Å². The third kappa shape index (κ3) is 5.89. The summed E-state index contributed by atoms with van der Waals surface area (Å²) in [6.07, 6.45) is 0.266. The number of hydrogen-bond acceptors (Lipinski definition) is 5. The van der Waals surface area contributed by atoms with Crippen LogP contribution in [0.3, 0.4) is 0 Å². The zero-order chi connectivity index (χ0) is 24.7. The van der Waals surface area contributed by atoms with Gasteiger partial charge in [0.1, 0.15) is 0 Å². The molecular formula is C31H31NO3S. The van der Waals surface area contributed by atoms with Gasteiger partial charge < -0.3 is 20.3 Å². The largest absolute Gasteiger partial charge is 0.392 e. The van der Waals surface area contributed by atoms with E-state index in [0.717, 1.165) is 45.6 Å². The monoisotopic (exact) mass is 497 g/mol. The van der Waals surface area contributed by atoms with Crippen LogP contribution in [-0.2, 0) is 22.6 Å². The highest BCUT2D eigenvalue weighted by molar-refractivity contribution is 7.99. The maximum absolute atomic E-state index is 9.43. The molecule has 0 unspecified atom stereocenters. The predicted molar refractivity (Wildman–Crippen MR) is 145 cm³/mol. The molecule has 1 heterocycles. The summed E-state index contributed by atoms with van der Waals surface area (Å²) in [5.41, 5.74) is 12.3. The van der Waals surface area contributed by atoms with Crippen LogP contribution >= 0.6 is 11.8 Å². The van der Waals surface area contributed by atoms with Gasteiger partial charge in [-0.3, -0.25) is 0 Å². The van der Waals surface area contributed by atoms with Crippen molar-refractivity contribution in [3.8, 4) is 11.1 Å². The van der Waals surface area contributed by atoms with E-state index in [1.54, 1.807) is 11.8 Å². The second kappa shape index (κ2) is 11.9. The third-order valence-corrected chi connectivity index (χ3v) is 7.67. The minimum atomic E-state index is -0.457. The standard InChI is InChI=1S/C31H31NO3S/c32-19-26-6-4-5-9-29(26)23-14-16-25(17-15-23)31-34-27(21-36-28-7-2-1-3-8-28)18-30(35-31)24-12-10-22(20-33)11-13-24/h1-17,27,30-31,33H,18-21,32H2/t27-,30+,31+/m0/s1. The lowest BCUT2D eigenvalue weighted by Crippen LogP contribution is -2.31. The van der Waals surface area contributed by atoms with Crippen LogP contribution in [0.2, 0.25) is 0 Å². The first kappa shape index (κ1) is 24.8. The van der Waals surface area contributed by atoms with Gasteiger partial charge in [0.25, 0.3) is 0 Å². The Bertz CT molecular complexity index is 1250. The number of thioether (sulfide) groups is 1. The lowest BCUT2D eigenvalue weighted by atomic mass is 9.98. The molecule has 0 amide bonds. The lowest BCUT2D eigenvalue weighted by molar-refractivity contribution is -0.245. The molecule has 4 aromatic carbocycles. The van der Waals surface area contributed by atoms with Gasteiger partial charge in [-0.1, -0.05) is 91.0 Å². The van der Waals surface area contributed by atoms with Crippen molar-refractivity contribution in [2.24, 2.45) is 5.73 Å². The minimum absolute atomic E-state index is 0.0352. The van der Waals surface area contributed by atoms with Gasteiger partial charge in [-0.25, -0.2) is 0 Å². The predicted octanol–water partition coefficient (Wildman–Crippen LogP) is 6.64. The van der Waals surface area contributed by atoms with Crippen molar-refractivity contribution in [3.63, 3.8) is 0 Å². The van der Waals surface area contributed by atoms with Gasteiger partial charge in [0.2, 0.25) is 0 Å². The van der Waals surface area contributed by atoms with Crippen molar-refractivity contribution in [2.75, 3.05) is 5.75 Å². The van der Waals surface area contributed by atoms with Gasteiger partial charge in [0.15, 0.2) is 6.29 Å². The van der Waals surface area contributed by atoms with Crippen molar-refractivity contribution in [1.29, 1.82) is 0 Å². The molecule has 3 atom stereocenters. The summed E-state index contributed by atoms with van der Waals surface area (Å²) in [6.45, 7) is 0.539. The molecule has 0 radical (unpaired) electrons. The van der Waals surface area contributed by atoms with Gasteiger partial charge in [-0.2, -0.15) is 0 Å². The Morgan fingerprint density at radius 1 is 0.778 bits per heavy atom. The molecular weight excluding hydrogens is 466 g/mol. The second-order valence-corrected chi connectivity index (χ2v) is 10.1. The molecule has 0 saturated carbocycles. The maximum Gasteiger partial charge on any atom is 0.184 e. The van der Waals surface area contributed by atoms with Crippen LogP contribution in [0.15, 0.2) is 108 Å². The molecule has 1 aliphatic rings. The quantitative estimate of drug-likeness (QED) is 0.267. The number of aliphatic hydroxyl groups is 1. The molecule has 184 valence electrons. The first-order valence-electron chi connectivity index (χ1n) is 12.3. The summed E-state index contributed by atoms with van der Waals surface area (Å²) in [5.74, 6) is 0.844. The van der Waals surface area contributed by atoms with E-state index < -0.39 is 6.29 Å². The van der Waals surface area contributed by atoms with Gasteiger partial charge in [-0.05, 0) is 39.9 Å². The zero-order valence-electron chi connectivity index (χ0n) is 20.1. The Labute approximate surface area is 217 Å². The Morgan fingerprint density at radius 3 is 2.19 bits per heavy atom. The lowest BCUT2D eigenvalue weighted by Gasteiger charge is -2.36. The summed E-state index contributed by atoms with van der Waals surface area (Å²) < 4.78 is 13.0. The van der Waals surface area contributed by atoms with Crippen molar-refractivity contribution in [2.45, 2.75) is 43.0 Å². The molecule has 3 N–H and O–H groups in total. The van der Waals surface area contributed by atoms with Crippen LogP contribution in [0.1, 0.15) is 41.1 Å². The van der Waals surface area contributed by atoms with E-state index in [2.05, 4.69) is 60.7 Å². The topological polar surface area (TPSA) is 64.7 Å². The second-order valence-electron chi connectivity index (χ2n) is 8.96. The first-order chi connectivity index (χ1) is 17.7. The van der Waals surface area contributed by atoms with Crippen LogP contribution in [0.5, 0.6) is 0 Å². The fourth-order valence-corrected chi connectivity index (χ4v) is 5.47. The van der Waals surface area contributed by atoms with Crippen molar-refractivity contribution >= 4 is 11.8 Å². The van der Waals surface area contributed by atoms with Crippen LogP contribution in [0.25, 0.3) is 11.1 Å². The minimum Gasteiger partial charge on any atom is -0.392 e. The smallest absolute Gasteiger partial charge is 0.184 e. The molecule has 0 spiro atoms. The van der Waals surface area contributed by atoms with Crippen molar-refractivity contribution in [1.82, 2.24) is 0 Å². The molecule has 36 heavy (non-hydrogen) atoms. The van der Waals surface area contributed by atoms with Crippen LogP contribution in [0, 0.1) is 0 Å². The molecule has 0 aromatic heterocycles. The number of nitrogens with two attached hydrogens (primary N) is 1. The molecule has 0 aliphatic carbocycles. The van der Waals surface area contributed by atoms with Gasteiger partial charge in [-0.15, -0.1) is 11.8 Å². The number of rotatable bonds is 8. The highest BCUT2D eigenvalue weighted by atomic mass is 32.2. The van der Waals surface area contributed by atoms with Crippen LogP contribution in [-0.4, -0.2) is 17.0 Å². The average molecular weight is 498 g/mol. The molecule has 5 rings (SSSR count). The number of hydrogen-bond donors (Lipinski definition) is 2. The number of aliphatic hydroxyl groups excluding tert-OH is 1. The molecule has 1 saturated heterocycles. The fraction of sp³-hybridized carbons (Fsp3) is 0.226. The summed E-state index contributed by atoms with van der Waals surface area (Å²) >= 11 is 1.81. The summed E-state index contributed by atoms with van der Waals surface area (Å²) in [7, 11) is 0. The van der Waals surface area contributed by atoms with Crippen LogP contribution < -0.4 is 5.73 Å². The van der Waals surface area contributed by atoms with E-state index in [1.807, 2.05) is 42.5 Å². The Kier molecular flexibility index (Phi) is 8.16. The zero-order valence-corrected chi connectivity index (χ0v) is 20.9. The summed E-state index contributed by atoms with van der Waals surface area (Å²) in [5, 5.41) is 9.43. The van der Waals surface area contributed by atoms with Gasteiger partial charge in [0, 0.05) is 29.2 Å². The normalized spacial score (nSPS) is 19.8. The third-order valence-electron chi connectivity index (χ3n) is 6.53. The highest BCUT2D eigenvalue weighted by Crippen LogP contribution is 2.40. The highest BCUT2D eigenvalue weighted by Gasteiger charge is 2.32. The SMILES string of the molecule is NCc1ccccc1-c1ccc([C@@H]2O[C@H](CSc3ccccc3)C[C@H](c3ccc(CO)cc3)O2)cc1. The van der Waals surface area contributed by atoms with Gasteiger partial charge in [0.05, 0.1) is 18.8 Å².